The highest BCUT2D eigenvalue weighted by molar-refractivity contribution is 7.99. The number of hydrogen-bond acceptors (Lipinski definition) is 6. The van der Waals surface area contributed by atoms with E-state index in [4.69, 9.17) is 23.2 Å². The van der Waals surface area contributed by atoms with Gasteiger partial charge < -0.3 is 10.3 Å². The fourth-order valence-corrected chi connectivity index (χ4v) is 3.62. The van der Waals surface area contributed by atoms with E-state index >= 15 is 0 Å². The zero-order chi connectivity index (χ0) is 20.4. The number of amides is 1. The molecule has 4 aromatic rings. The molecule has 1 aromatic carbocycles. The van der Waals surface area contributed by atoms with Crippen LogP contribution in [0.4, 0.5) is 5.82 Å². The second-order valence-electron chi connectivity index (χ2n) is 5.82. The Labute approximate surface area is 178 Å². The molecule has 0 radical (unpaired) electrons. The van der Waals surface area contributed by atoms with Crippen LogP contribution in [-0.2, 0) is 4.79 Å². The SMILES string of the molecule is O=C(CSc1nc2c(cnn2-c2ccccc2)c(=O)[nH]1)Nc1ncc(Cl)cc1Cl. The van der Waals surface area contributed by atoms with Crippen LogP contribution in [0.15, 0.2) is 58.7 Å². The van der Waals surface area contributed by atoms with Crippen molar-refractivity contribution in [2.45, 2.75) is 5.16 Å². The summed E-state index contributed by atoms with van der Waals surface area (Å²) in [6.45, 7) is 0. The van der Waals surface area contributed by atoms with Gasteiger partial charge in [0.15, 0.2) is 16.6 Å². The number of nitrogens with zero attached hydrogens (tertiary/aromatic N) is 4. The molecule has 11 heteroatoms. The zero-order valence-electron chi connectivity index (χ0n) is 14.6. The van der Waals surface area contributed by atoms with Crippen molar-refractivity contribution in [2.24, 2.45) is 0 Å². The smallest absolute Gasteiger partial charge is 0.262 e. The number of carbonyl (C=O) groups excluding carboxylic acids is 1. The maximum absolute atomic E-state index is 12.4. The molecule has 0 fully saturated rings. The number of pyridine rings is 1. The van der Waals surface area contributed by atoms with Crippen LogP contribution < -0.4 is 10.9 Å². The lowest BCUT2D eigenvalue weighted by Crippen LogP contribution is -2.16. The van der Waals surface area contributed by atoms with E-state index in [0.29, 0.717) is 21.2 Å². The lowest BCUT2D eigenvalue weighted by Gasteiger charge is -2.06. The average molecular weight is 447 g/mol. The summed E-state index contributed by atoms with van der Waals surface area (Å²) in [4.78, 5) is 35.6. The lowest BCUT2D eigenvalue weighted by atomic mass is 10.3. The number of thioether (sulfide) groups is 1. The predicted molar refractivity (Wildman–Crippen MR) is 113 cm³/mol. The molecule has 2 N–H and O–H groups in total. The normalized spacial score (nSPS) is 11.0. The minimum atomic E-state index is -0.356. The predicted octanol–water partition coefficient (Wildman–Crippen LogP) is 3.54. The van der Waals surface area contributed by atoms with Gasteiger partial charge in [0.25, 0.3) is 5.56 Å². The topological polar surface area (TPSA) is 106 Å². The van der Waals surface area contributed by atoms with E-state index in [2.05, 4.69) is 25.4 Å². The number of aromatic nitrogens is 5. The summed E-state index contributed by atoms with van der Waals surface area (Å²) in [7, 11) is 0. The fourth-order valence-electron chi connectivity index (χ4n) is 2.53. The van der Waals surface area contributed by atoms with Gasteiger partial charge in [-0.25, -0.2) is 14.6 Å². The second-order valence-corrected chi connectivity index (χ2v) is 7.63. The second kappa shape index (κ2) is 8.24. The third-order valence-corrected chi connectivity index (χ3v) is 5.19. The number of halogens is 2. The molecule has 4 rings (SSSR count). The molecule has 29 heavy (non-hydrogen) atoms. The Morgan fingerprint density at radius 2 is 2.00 bits per heavy atom. The van der Waals surface area contributed by atoms with Crippen molar-refractivity contribution in [3.63, 3.8) is 0 Å². The van der Waals surface area contributed by atoms with Crippen LogP contribution in [0.2, 0.25) is 10.0 Å². The lowest BCUT2D eigenvalue weighted by molar-refractivity contribution is -0.113. The highest BCUT2D eigenvalue weighted by Crippen LogP contribution is 2.23. The largest absolute Gasteiger partial charge is 0.309 e. The van der Waals surface area contributed by atoms with E-state index in [1.54, 1.807) is 4.68 Å². The number of hydrogen-bond donors (Lipinski definition) is 2. The molecule has 0 spiro atoms. The van der Waals surface area contributed by atoms with E-state index in [1.165, 1.54) is 18.5 Å². The van der Waals surface area contributed by atoms with Crippen LogP contribution in [0.3, 0.4) is 0 Å². The van der Waals surface area contributed by atoms with Gasteiger partial charge in [-0.05, 0) is 18.2 Å². The molecule has 0 aliphatic heterocycles. The minimum absolute atomic E-state index is 0.00540. The Hall–Kier alpha value is -2.88. The number of rotatable bonds is 5. The first-order chi connectivity index (χ1) is 14.0. The van der Waals surface area contributed by atoms with Crippen LogP contribution >= 0.6 is 35.0 Å². The third kappa shape index (κ3) is 4.26. The van der Waals surface area contributed by atoms with Crippen LogP contribution in [0.1, 0.15) is 0 Å². The van der Waals surface area contributed by atoms with Gasteiger partial charge in [0.1, 0.15) is 5.39 Å². The Morgan fingerprint density at radius 1 is 1.21 bits per heavy atom. The molecule has 146 valence electrons. The van der Waals surface area contributed by atoms with Crippen LogP contribution in [0.5, 0.6) is 0 Å². The fraction of sp³-hybridized carbons (Fsp3) is 0.0556. The number of fused-ring (bicyclic) bond motifs is 1. The molecule has 3 aromatic heterocycles. The molecular formula is C18H12Cl2N6O2S. The van der Waals surface area contributed by atoms with Crippen LogP contribution in [-0.4, -0.2) is 36.4 Å². The summed E-state index contributed by atoms with van der Waals surface area (Å²) < 4.78 is 1.58. The van der Waals surface area contributed by atoms with Gasteiger partial charge in [0.2, 0.25) is 5.91 Å². The Bertz CT molecular complexity index is 1260. The Balaban J connectivity index is 1.54. The highest BCUT2D eigenvalue weighted by atomic mass is 35.5. The first-order valence-electron chi connectivity index (χ1n) is 8.28. The van der Waals surface area contributed by atoms with E-state index < -0.39 is 0 Å². The number of para-hydroxylation sites is 1. The van der Waals surface area contributed by atoms with Crippen molar-refractivity contribution in [1.82, 2.24) is 24.7 Å². The first kappa shape index (κ1) is 19.4. The molecule has 0 saturated carbocycles. The molecule has 0 atom stereocenters. The maximum Gasteiger partial charge on any atom is 0.262 e. The van der Waals surface area contributed by atoms with Crippen molar-refractivity contribution in [1.29, 1.82) is 0 Å². The van der Waals surface area contributed by atoms with Gasteiger partial charge in [0, 0.05) is 6.20 Å². The van der Waals surface area contributed by atoms with Crippen molar-refractivity contribution >= 4 is 57.7 Å². The molecule has 0 saturated heterocycles. The molecule has 1 amide bonds. The minimum Gasteiger partial charge on any atom is -0.309 e. The van der Waals surface area contributed by atoms with Crippen LogP contribution in [0.25, 0.3) is 16.7 Å². The zero-order valence-corrected chi connectivity index (χ0v) is 16.9. The number of nitrogens with one attached hydrogen (secondary N) is 2. The maximum atomic E-state index is 12.4. The van der Waals surface area contributed by atoms with E-state index in [-0.39, 0.29) is 28.1 Å². The molecule has 0 aliphatic rings. The van der Waals surface area contributed by atoms with E-state index in [9.17, 15) is 9.59 Å². The van der Waals surface area contributed by atoms with Crippen LogP contribution in [0, 0.1) is 0 Å². The van der Waals surface area contributed by atoms with Gasteiger partial charge in [-0.15, -0.1) is 0 Å². The van der Waals surface area contributed by atoms with Crippen molar-refractivity contribution in [3.05, 3.63) is 69.2 Å². The molecule has 0 unspecified atom stereocenters. The number of benzene rings is 1. The Morgan fingerprint density at radius 3 is 2.76 bits per heavy atom. The molecule has 8 nitrogen and oxygen atoms in total. The number of H-pyrrole nitrogens is 1. The molecular weight excluding hydrogens is 435 g/mol. The standard InChI is InChI=1S/C18H12Cl2N6O2S/c19-10-6-13(20)15(21-7-10)23-14(27)9-29-18-24-16-12(17(28)25-18)8-22-26(16)11-4-2-1-3-5-11/h1-8H,9H2,(H,21,23,27)(H,24,25,28). The summed E-state index contributed by atoms with van der Waals surface area (Å²) in [6.07, 6.45) is 2.84. The average Bonchev–Trinajstić information content (AvgIpc) is 3.14. The number of carbonyl (C=O) groups is 1. The quantitative estimate of drug-likeness (QED) is 0.358. The van der Waals surface area contributed by atoms with Gasteiger partial charge in [-0.2, -0.15) is 5.10 Å². The summed E-state index contributed by atoms with van der Waals surface area (Å²) in [5.41, 5.74) is 0.852. The molecule has 0 aliphatic carbocycles. The summed E-state index contributed by atoms with van der Waals surface area (Å²) in [5.74, 6) is -0.152. The van der Waals surface area contributed by atoms with E-state index in [0.717, 1.165) is 17.4 Å². The van der Waals surface area contributed by atoms with Gasteiger partial charge in [0.05, 0.1) is 27.7 Å². The Kier molecular flexibility index (Phi) is 5.52. The van der Waals surface area contributed by atoms with Crippen molar-refractivity contribution in [3.8, 4) is 5.69 Å². The highest BCUT2D eigenvalue weighted by Gasteiger charge is 2.14. The van der Waals surface area contributed by atoms with E-state index in [1.807, 2.05) is 30.3 Å². The monoisotopic (exact) mass is 446 g/mol. The summed E-state index contributed by atoms with van der Waals surface area (Å²) in [5, 5.41) is 8.10. The molecule has 3 heterocycles. The summed E-state index contributed by atoms with van der Waals surface area (Å²) in [6, 6.07) is 10.8. The van der Waals surface area contributed by atoms with Crippen molar-refractivity contribution in [2.75, 3.05) is 11.1 Å². The van der Waals surface area contributed by atoms with Gasteiger partial charge in [-0.1, -0.05) is 53.2 Å². The molecule has 0 bridgehead atoms. The first-order valence-corrected chi connectivity index (χ1v) is 10.0. The number of anilines is 1. The number of aromatic amines is 1. The third-order valence-electron chi connectivity index (χ3n) is 3.82. The summed E-state index contributed by atoms with van der Waals surface area (Å²) >= 11 is 12.9. The van der Waals surface area contributed by atoms with Crippen molar-refractivity contribution < 1.29 is 4.79 Å². The van der Waals surface area contributed by atoms with Gasteiger partial charge in [-0.3, -0.25) is 9.59 Å². The van der Waals surface area contributed by atoms with Gasteiger partial charge >= 0.3 is 0 Å².